The lowest BCUT2D eigenvalue weighted by molar-refractivity contribution is -0.137. The average molecular weight is 375 g/mol. The summed E-state index contributed by atoms with van der Waals surface area (Å²) in [7, 11) is 3.20. The average Bonchev–Trinajstić information content (AvgIpc) is 3.12. The number of halogens is 3. The van der Waals surface area contributed by atoms with Crippen LogP contribution >= 0.6 is 0 Å². The molecular weight excluding hydrogens is 359 g/mol. The van der Waals surface area contributed by atoms with Crippen molar-refractivity contribution in [3.05, 3.63) is 65.7 Å². The van der Waals surface area contributed by atoms with Crippen LogP contribution in [0.2, 0.25) is 0 Å². The van der Waals surface area contributed by atoms with E-state index < -0.39 is 17.8 Å². The van der Waals surface area contributed by atoms with Crippen molar-refractivity contribution in [3.8, 4) is 11.4 Å². The highest BCUT2D eigenvalue weighted by atomic mass is 19.4. The van der Waals surface area contributed by atoms with Gasteiger partial charge in [-0.15, -0.1) is 15.0 Å². The summed E-state index contributed by atoms with van der Waals surface area (Å²) >= 11 is 0. The third kappa shape index (κ3) is 3.97. The van der Waals surface area contributed by atoms with Crippen LogP contribution in [0, 0.1) is 0 Å². The normalized spacial score (nSPS) is 12.6. The van der Waals surface area contributed by atoms with Gasteiger partial charge < -0.3 is 4.90 Å². The molecule has 0 aliphatic rings. The molecule has 140 valence electrons. The molecule has 0 bridgehead atoms. The van der Waals surface area contributed by atoms with Crippen molar-refractivity contribution in [1.29, 1.82) is 0 Å². The molecule has 6 nitrogen and oxygen atoms in total. The van der Waals surface area contributed by atoms with E-state index in [4.69, 9.17) is 0 Å². The summed E-state index contributed by atoms with van der Waals surface area (Å²) in [6, 6.07) is 12.6. The number of amides is 1. The van der Waals surface area contributed by atoms with E-state index in [0.717, 1.165) is 16.9 Å². The number of carbonyl (C=O) groups excluding carboxylic acids is 1. The van der Waals surface area contributed by atoms with Gasteiger partial charge in [0.05, 0.1) is 5.56 Å². The van der Waals surface area contributed by atoms with Gasteiger partial charge in [0.2, 0.25) is 5.82 Å². The van der Waals surface area contributed by atoms with Crippen molar-refractivity contribution in [1.82, 2.24) is 25.1 Å². The van der Waals surface area contributed by atoms with E-state index in [1.807, 2.05) is 6.07 Å². The van der Waals surface area contributed by atoms with Crippen LogP contribution < -0.4 is 0 Å². The van der Waals surface area contributed by atoms with Crippen LogP contribution in [-0.2, 0) is 11.0 Å². The highest BCUT2D eigenvalue weighted by Crippen LogP contribution is 2.31. The second-order valence-corrected chi connectivity index (χ2v) is 6.06. The highest BCUT2D eigenvalue weighted by Gasteiger charge is 2.31. The molecule has 0 radical (unpaired) electrons. The van der Waals surface area contributed by atoms with Gasteiger partial charge in [-0.2, -0.15) is 13.2 Å². The van der Waals surface area contributed by atoms with E-state index in [0.29, 0.717) is 5.56 Å². The van der Waals surface area contributed by atoms with Crippen LogP contribution in [0.4, 0.5) is 13.2 Å². The fourth-order valence-electron chi connectivity index (χ4n) is 2.54. The van der Waals surface area contributed by atoms with Gasteiger partial charge in [0, 0.05) is 19.7 Å². The number of nitrogens with zero attached hydrogens (tertiary/aromatic N) is 5. The molecular formula is C18H16F3N5O. The topological polar surface area (TPSA) is 63.9 Å². The molecule has 1 unspecified atom stereocenters. The maximum Gasteiger partial charge on any atom is 0.416 e. The number of carbonyl (C=O) groups is 1. The van der Waals surface area contributed by atoms with Crippen LogP contribution in [0.3, 0.4) is 0 Å². The first kappa shape index (κ1) is 18.6. The fourth-order valence-corrected chi connectivity index (χ4v) is 2.54. The Morgan fingerprint density at radius 1 is 1.07 bits per heavy atom. The van der Waals surface area contributed by atoms with E-state index in [1.54, 1.807) is 38.4 Å². The lowest BCUT2D eigenvalue weighted by Crippen LogP contribution is -2.33. The molecule has 2 aromatic carbocycles. The first-order valence-electron chi connectivity index (χ1n) is 8.00. The summed E-state index contributed by atoms with van der Waals surface area (Å²) in [4.78, 5) is 15.1. The summed E-state index contributed by atoms with van der Waals surface area (Å²) in [5, 5.41) is 11.9. The van der Waals surface area contributed by atoms with E-state index in [1.165, 1.54) is 17.0 Å². The first-order chi connectivity index (χ1) is 12.8. The Bertz CT molecular complexity index is 937. The lowest BCUT2D eigenvalue weighted by atomic mass is 10.1. The minimum atomic E-state index is -4.47. The molecule has 1 amide bonds. The fraction of sp³-hybridized carbons (Fsp3) is 0.222. The number of alkyl halides is 3. The molecule has 0 saturated carbocycles. The minimum absolute atomic E-state index is 0.00795. The third-order valence-electron chi connectivity index (χ3n) is 3.90. The molecule has 9 heteroatoms. The van der Waals surface area contributed by atoms with Crippen molar-refractivity contribution < 1.29 is 18.0 Å². The van der Waals surface area contributed by atoms with Crippen molar-refractivity contribution in [3.63, 3.8) is 0 Å². The second kappa shape index (κ2) is 7.18. The SMILES string of the molecule is CN(C)C(=O)C(c1ccccc1)n1nnc(-c2cccc(C(F)(F)F)c2)n1. The van der Waals surface area contributed by atoms with Crippen molar-refractivity contribution in [2.24, 2.45) is 0 Å². The zero-order valence-corrected chi connectivity index (χ0v) is 14.6. The molecule has 27 heavy (non-hydrogen) atoms. The van der Waals surface area contributed by atoms with Crippen LogP contribution in [-0.4, -0.2) is 45.1 Å². The van der Waals surface area contributed by atoms with Gasteiger partial charge in [0.25, 0.3) is 5.91 Å². The number of benzene rings is 2. The monoisotopic (exact) mass is 375 g/mol. The molecule has 0 fully saturated rings. The molecule has 1 aromatic heterocycles. The molecule has 0 aliphatic heterocycles. The van der Waals surface area contributed by atoms with Gasteiger partial charge in [-0.05, 0) is 22.9 Å². The molecule has 3 aromatic rings. The summed E-state index contributed by atoms with van der Waals surface area (Å²) in [5.41, 5.74) is 0.00436. The number of rotatable bonds is 4. The largest absolute Gasteiger partial charge is 0.416 e. The van der Waals surface area contributed by atoms with E-state index in [9.17, 15) is 18.0 Å². The summed E-state index contributed by atoms with van der Waals surface area (Å²) in [6.07, 6.45) is -4.47. The highest BCUT2D eigenvalue weighted by molar-refractivity contribution is 5.83. The number of likely N-dealkylation sites (N-methyl/N-ethyl adjacent to an activating group) is 1. The van der Waals surface area contributed by atoms with Crippen molar-refractivity contribution in [2.45, 2.75) is 12.2 Å². The van der Waals surface area contributed by atoms with Gasteiger partial charge in [0.1, 0.15) is 0 Å². The first-order valence-corrected chi connectivity index (χ1v) is 8.00. The van der Waals surface area contributed by atoms with Crippen LogP contribution in [0.5, 0.6) is 0 Å². The van der Waals surface area contributed by atoms with Gasteiger partial charge >= 0.3 is 6.18 Å². The number of hydrogen-bond donors (Lipinski definition) is 0. The summed E-state index contributed by atoms with van der Waals surface area (Å²) in [6.45, 7) is 0. The maximum atomic E-state index is 12.9. The zero-order valence-electron chi connectivity index (χ0n) is 14.6. The van der Waals surface area contributed by atoms with Crippen LogP contribution in [0.25, 0.3) is 11.4 Å². The molecule has 1 atom stereocenters. The van der Waals surface area contributed by atoms with E-state index >= 15 is 0 Å². The van der Waals surface area contributed by atoms with E-state index in [2.05, 4.69) is 15.4 Å². The van der Waals surface area contributed by atoms with Crippen molar-refractivity contribution >= 4 is 5.91 Å². The Hall–Kier alpha value is -3.23. The molecule has 1 heterocycles. The second-order valence-electron chi connectivity index (χ2n) is 6.06. The Kier molecular flexibility index (Phi) is 4.93. The molecule has 3 rings (SSSR count). The predicted molar refractivity (Wildman–Crippen MR) is 91.5 cm³/mol. The standard InChI is InChI=1S/C18H16F3N5O/c1-25(2)17(27)15(12-7-4-3-5-8-12)26-23-16(22-24-26)13-9-6-10-14(11-13)18(19,20)21/h3-11,15H,1-2H3. The molecule has 0 N–H and O–H groups in total. The Morgan fingerprint density at radius 2 is 1.78 bits per heavy atom. The summed E-state index contributed by atoms with van der Waals surface area (Å²) in [5.74, 6) is -0.275. The molecule has 0 spiro atoms. The number of tetrazole rings is 1. The molecule has 0 saturated heterocycles. The smallest absolute Gasteiger partial charge is 0.347 e. The van der Waals surface area contributed by atoms with E-state index in [-0.39, 0.29) is 17.3 Å². The lowest BCUT2D eigenvalue weighted by Gasteiger charge is -2.19. The zero-order chi connectivity index (χ0) is 19.6. The minimum Gasteiger partial charge on any atom is -0.347 e. The van der Waals surface area contributed by atoms with Crippen LogP contribution in [0.1, 0.15) is 17.2 Å². The van der Waals surface area contributed by atoms with Gasteiger partial charge in [-0.25, -0.2) is 0 Å². The van der Waals surface area contributed by atoms with Gasteiger partial charge in [-0.1, -0.05) is 42.5 Å². The number of hydrogen-bond acceptors (Lipinski definition) is 4. The Labute approximate surface area is 153 Å². The van der Waals surface area contributed by atoms with Gasteiger partial charge in [0.15, 0.2) is 6.04 Å². The Morgan fingerprint density at radius 3 is 2.41 bits per heavy atom. The Balaban J connectivity index is 2.01. The molecule has 0 aliphatic carbocycles. The summed E-state index contributed by atoms with van der Waals surface area (Å²) < 4.78 is 38.8. The van der Waals surface area contributed by atoms with Crippen LogP contribution in [0.15, 0.2) is 54.6 Å². The predicted octanol–water partition coefficient (Wildman–Crippen LogP) is 3.04. The van der Waals surface area contributed by atoms with Gasteiger partial charge in [-0.3, -0.25) is 4.79 Å². The number of aromatic nitrogens is 4. The third-order valence-corrected chi connectivity index (χ3v) is 3.90. The maximum absolute atomic E-state index is 12.9. The quantitative estimate of drug-likeness (QED) is 0.703. The van der Waals surface area contributed by atoms with Crippen molar-refractivity contribution in [2.75, 3.05) is 14.1 Å².